The third-order valence-corrected chi connectivity index (χ3v) is 7.69. The molecule has 0 spiro atoms. The van der Waals surface area contributed by atoms with Crippen molar-refractivity contribution >= 4 is 29.3 Å². The molecule has 2 aromatic carbocycles. The Bertz CT molecular complexity index is 1050. The molecule has 0 saturated carbocycles. The van der Waals surface area contributed by atoms with Gasteiger partial charge in [-0.15, -0.1) is 0 Å². The number of hydrogen-bond donors (Lipinski definition) is 3. The summed E-state index contributed by atoms with van der Waals surface area (Å²) < 4.78 is 12.5. The Morgan fingerprint density at radius 2 is 1.92 bits per heavy atom. The molecule has 1 amide bonds. The third kappa shape index (κ3) is 8.32. The number of carbonyl (C=O) groups is 2. The molecule has 4 atom stereocenters. The first-order valence-corrected chi connectivity index (χ1v) is 15.0. The summed E-state index contributed by atoms with van der Waals surface area (Å²) in [5.41, 5.74) is 2.60. The number of unbranched alkanes of at least 4 members (excludes halogenated alkanes) is 2. The number of carbonyl (C=O) groups excluding carboxylic acids is 1. The second kappa shape index (κ2) is 14.9. The van der Waals surface area contributed by atoms with E-state index >= 15 is 0 Å². The third-order valence-electron chi connectivity index (χ3n) is 7.12. The molecule has 0 aromatic heterocycles. The van der Waals surface area contributed by atoms with E-state index in [0.29, 0.717) is 18.1 Å². The van der Waals surface area contributed by atoms with E-state index in [1.165, 1.54) is 24.8 Å². The van der Waals surface area contributed by atoms with Gasteiger partial charge in [0.1, 0.15) is 17.6 Å². The summed E-state index contributed by atoms with van der Waals surface area (Å²) in [6, 6.07) is 13.6. The van der Waals surface area contributed by atoms with Gasteiger partial charge in [0.15, 0.2) is 0 Å². The number of nitrogens with one attached hydrogen (secondary N) is 2. The predicted molar refractivity (Wildman–Crippen MR) is 155 cm³/mol. The lowest BCUT2D eigenvalue weighted by Gasteiger charge is -2.33. The van der Waals surface area contributed by atoms with Gasteiger partial charge in [-0.3, -0.25) is 9.59 Å². The monoisotopic (exact) mass is 542 g/mol. The molecule has 1 aliphatic heterocycles. The summed E-state index contributed by atoms with van der Waals surface area (Å²) in [5, 5.41) is 15.1. The standard InChI is InChI=1S/C30H42N2O5S/c1-5-6-7-8-20(2)28(32-23-11-9-22(10-12-23)30(35)31-16-15-27(33)34)29-21(3)25-19-24(36-17-18-38-4)13-14-26(25)37-29/h9-14,19-21,28-29,32H,5-8,15-18H2,1-4H3,(H,31,35)(H,33,34). The minimum atomic E-state index is -0.936. The van der Waals surface area contributed by atoms with E-state index in [1.807, 2.05) is 24.3 Å². The van der Waals surface area contributed by atoms with Crippen molar-refractivity contribution in [3.8, 4) is 11.5 Å². The van der Waals surface area contributed by atoms with E-state index in [9.17, 15) is 9.59 Å². The quantitative estimate of drug-likeness (QED) is 0.218. The van der Waals surface area contributed by atoms with Crippen LogP contribution >= 0.6 is 11.8 Å². The number of hydrogen-bond acceptors (Lipinski definition) is 6. The lowest BCUT2D eigenvalue weighted by Crippen LogP contribution is -2.43. The highest BCUT2D eigenvalue weighted by Crippen LogP contribution is 2.43. The lowest BCUT2D eigenvalue weighted by molar-refractivity contribution is -0.136. The second-order valence-corrected chi connectivity index (χ2v) is 11.0. The van der Waals surface area contributed by atoms with Crippen LogP contribution in [0.1, 0.15) is 74.7 Å². The minimum absolute atomic E-state index is 0.0398. The number of aliphatic carboxylic acids is 1. The number of anilines is 1. The van der Waals surface area contributed by atoms with Crippen LogP contribution in [0.15, 0.2) is 42.5 Å². The van der Waals surface area contributed by atoms with Gasteiger partial charge >= 0.3 is 5.97 Å². The molecular formula is C30H42N2O5S. The molecule has 208 valence electrons. The van der Waals surface area contributed by atoms with Crippen LogP contribution in [0.4, 0.5) is 5.69 Å². The van der Waals surface area contributed by atoms with E-state index in [1.54, 1.807) is 23.9 Å². The Balaban J connectivity index is 1.73. The average Bonchev–Trinajstić information content (AvgIpc) is 3.23. The van der Waals surface area contributed by atoms with Crippen LogP contribution in [-0.2, 0) is 4.79 Å². The van der Waals surface area contributed by atoms with Crippen molar-refractivity contribution < 1.29 is 24.2 Å². The van der Waals surface area contributed by atoms with Crippen LogP contribution in [0.5, 0.6) is 11.5 Å². The fourth-order valence-corrected chi connectivity index (χ4v) is 5.12. The minimum Gasteiger partial charge on any atom is -0.493 e. The van der Waals surface area contributed by atoms with Crippen molar-refractivity contribution in [2.45, 2.75) is 70.9 Å². The molecule has 2 aromatic rings. The van der Waals surface area contributed by atoms with Crippen molar-refractivity contribution in [2.75, 3.05) is 30.5 Å². The summed E-state index contributed by atoms with van der Waals surface area (Å²) in [7, 11) is 0. The van der Waals surface area contributed by atoms with Gasteiger partial charge < -0.3 is 25.2 Å². The van der Waals surface area contributed by atoms with Crippen molar-refractivity contribution in [2.24, 2.45) is 5.92 Å². The largest absolute Gasteiger partial charge is 0.493 e. The molecule has 7 nitrogen and oxygen atoms in total. The molecule has 0 radical (unpaired) electrons. The number of fused-ring (bicyclic) bond motifs is 1. The van der Waals surface area contributed by atoms with Crippen molar-refractivity contribution in [3.05, 3.63) is 53.6 Å². The molecule has 8 heteroatoms. The van der Waals surface area contributed by atoms with Crippen molar-refractivity contribution in [3.63, 3.8) is 0 Å². The molecule has 38 heavy (non-hydrogen) atoms. The van der Waals surface area contributed by atoms with Gasteiger partial charge in [-0.2, -0.15) is 11.8 Å². The highest BCUT2D eigenvalue weighted by Gasteiger charge is 2.39. The van der Waals surface area contributed by atoms with E-state index in [-0.39, 0.29) is 36.9 Å². The zero-order valence-corrected chi connectivity index (χ0v) is 23.8. The Morgan fingerprint density at radius 3 is 2.61 bits per heavy atom. The highest BCUT2D eigenvalue weighted by atomic mass is 32.2. The van der Waals surface area contributed by atoms with Crippen molar-refractivity contribution in [1.29, 1.82) is 0 Å². The van der Waals surface area contributed by atoms with Gasteiger partial charge in [0.25, 0.3) is 5.91 Å². The molecule has 0 aliphatic carbocycles. The molecule has 4 unspecified atom stereocenters. The zero-order valence-electron chi connectivity index (χ0n) is 23.0. The molecule has 1 aliphatic rings. The first-order chi connectivity index (χ1) is 18.3. The summed E-state index contributed by atoms with van der Waals surface area (Å²) in [4.78, 5) is 23.0. The molecule has 0 fully saturated rings. The topological polar surface area (TPSA) is 96.9 Å². The molecule has 3 rings (SSSR count). The number of rotatable bonds is 16. The van der Waals surface area contributed by atoms with Crippen LogP contribution in [0.3, 0.4) is 0 Å². The highest BCUT2D eigenvalue weighted by molar-refractivity contribution is 7.98. The predicted octanol–water partition coefficient (Wildman–Crippen LogP) is 6.19. The molecular weight excluding hydrogens is 500 g/mol. The number of ether oxygens (including phenoxy) is 2. The van der Waals surface area contributed by atoms with Crippen LogP contribution in [0.25, 0.3) is 0 Å². The van der Waals surface area contributed by atoms with E-state index < -0.39 is 5.97 Å². The summed E-state index contributed by atoms with van der Waals surface area (Å²) in [6.07, 6.45) is 6.60. The molecule has 3 N–H and O–H groups in total. The molecule has 0 saturated heterocycles. The van der Waals surface area contributed by atoms with Crippen molar-refractivity contribution in [1.82, 2.24) is 5.32 Å². The van der Waals surface area contributed by atoms with Crippen LogP contribution in [0, 0.1) is 5.92 Å². The van der Waals surface area contributed by atoms with Crippen LogP contribution in [-0.4, -0.2) is 54.3 Å². The van der Waals surface area contributed by atoms with Crippen LogP contribution in [0.2, 0.25) is 0 Å². The number of benzene rings is 2. The van der Waals surface area contributed by atoms with Crippen LogP contribution < -0.4 is 20.1 Å². The van der Waals surface area contributed by atoms with Gasteiger partial charge in [0.2, 0.25) is 0 Å². The molecule has 1 heterocycles. The Labute approximate surface area is 231 Å². The van der Waals surface area contributed by atoms with Gasteiger partial charge in [-0.1, -0.05) is 40.0 Å². The fourth-order valence-electron chi connectivity index (χ4n) is 4.87. The maximum atomic E-state index is 12.3. The Morgan fingerprint density at radius 1 is 1.16 bits per heavy atom. The first kappa shape index (κ1) is 29.7. The van der Waals surface area contributed by atoms with Gasteiger partial charge in [-0.25, -0.2) is 0 Å². The number of amides is 1. The smallest absolute Gasteiger partial charge is 0.305 e. The Kier molecular flexibility index (Phi) is 11.6. The summed E-state index contributed by atoms with van der Waals surface area (Å²) in [5.74, 6) is 2.11. The first-order valence-electron chi connectivity index (χ1n) is 13.6. The van der Waals surface area contributed by atoms with Gasteiger partial charge in [0, 0.05) is 35.0 Å². The second-order valence-electron chi connectivity index (χ2n) is 10.0. The molecule has 0 bridgehead atoms. The lowest BCUT2D eigenvalue weighted by atomic mass is 9.84. The zero-order chi connectivity index (χ0) is 27.5. The Hall–Kier alpha value is -2.87. The maximum Gasteiger partial charge on any atom is 0.305 e. The van der Waals surface area contributed by atoms with Gasteiger partial charge in [0.05, 0.1) is 19.1 Å². The van der Waals surface area contributed by atoms with Gasteiger partial charge in [-0.05, 0) is 61.1 Å². The maximum absolute atomic E-state index is 12.3. The van der Waals surface area contributed by atoms with E-state index in [2.05, 4.69) is 43.7 Å². The van der Waals surface area contributed by atoms with E-state index in [4.69, 9.17) is 14.6 Å². The number of thioether (sulfide) groups is 1. The fraction of sp³-hybridized carbons (Fsp3) is 0.533. The average molecular weight is 543 g/mol. The summed E-state index contributed by atoms with van der Waals surface area (Å²) in [6.45, 7) is 7.52. The normalized spacial score (nSPS) is 17.7. The van der Waals surface area contributed by atoms with E-state index in [0.717, 1.165) is 29.4 Å². The summed E-state index contributed by atoms with van der Waals surface area (Å²) >= 11 is 1.77. The number of carboxylic acids is 1. The number of carboxylic acid groups (broad SMARTS) is 1. The SMILES string of the molecule is CCCCCC(C)C(Nc1ccc(C(=O)NCCC(=O)O)cc1)C1Oc2ccc(OCCSC)cc2C1C.